The largest absolute Gasteiger partial charge is 0.398 e. The zero-order chi connectivity index (χ0) is 11.6. The van der Waals surface area contributed by atoms with E-state index in [0.29, 0.717) is 0 Å². The molecule has 3 N–H and O–H groups in total. The van der Waals surface area contributed by atoms with Gasteiger partial charge in [-0.15, -0.1) is 0 Å². The van der Waals surface area contributed by atoms with Gasteiger partial charge in [0.25, 0.3) is 0 Å². The molecule has 1 aromatic heterocycles. The standard InChI is InChI=1S/C11H14N2.C2H6/c1-6-4-5-9(12)10-7(2)8(3)13-11(6)10;1-2/h4-5,13H,12H2,1-3H3;1-2H3. The van der Waals surface area contributed by atoms with Crippen LogP contribution in [0, 0.1) is 20.8 Å². The zero-order valence-corrected chi connectivity index (χ0v) is 10.2. The third kappa shape index (κ3) is 1.84. The van der Waals surface area contributed by atoms with E-state index in [1.807, 2.05) is 26.0 Å². The fraction of sp³-hybridized carbons (Fsp3) is 0.385. The van der Waals surface area contributed by atoms with Gasteiger partial charge >= 0.3 is 0 Å². The lowest BCUT2D eigenvalue weighted by atomic mass is 10.1. The number of anilines is 1. The summed E-state index contributed by atoms with van der Waals surface area (Å²) in [6.07, 6.45) is 0. The Hall–Kier alpha value is -1.44. The predicted octanol–water partition coefficient (Wildman–Crippen LogP) is 3.70. The first-order chi connectivity index (χ1) is 7.11. The van der Waals surface area contributed by atoms with Crippen LogP contribution in [0.25, 0.3) is 10.9 Å². The van der Waals surface area contributed by atoms with Gasteiger partial charge in [0, 0.05) is 16.8 Å². The number of hydrogen-bond acceptors (Lipinski definition) is 1. The summed E-state index contributed by atoms with van der Waals surface area (Å²) in [5, 5.41) is 1.18. The molecule has 0 unspecified atom stereocenters. The third-order valence-corrected chi connectivity index (χ3v) is 2.70. The Kier molecular flexibility index (Phi) is 3.40. The van der Waals surface area contributed by atoms with Gasteiger partial charge in [0.15, 0.2) is 0 Å². The summed E-state index contributed by atoms with van der Waals surface area (Å²) in [5.41, 5.74) is 11.7. The van der Waals surface area contributed by atoms with Crippen LogP contribution in [-0.2, 0) is 0 Å². The van der Waals surface area contributed by atoms with Crippen LogP contribution in [0.3, 0.4) is 0 Å². The summed E-state index contributed by atoms with van der Waals surface area (Å²) in [4.78, 5) is 3.36. The van der Waals surface area contributed by atoms with Gasteiger partial charge in [0.05, 0.1) is 5.52 Å². The average Bonchev–Trinajstić information content (AvgIpc) is 2.54. The van der Waals surface area contributed by atoms with Crippen LogP contribution >= 0.6 is 0 Å². The Morgan fingerprint density at radius 1 is 1.07 bits per heavy atom. The number of rotatable bonds is 0. The number of hydrogen-bond donors (Lipinski definition) is 2. The molecule has 0 aliphatic carbocycles. The molecule has 0 atom stereocenters. The van der Waals surface area contributed by atoms with Crippen molar-refractivity contribution in [2.24, 2.45) is 0 Å². The molecule has 1 heterocycles. The van der Waals surface area contributed by atoms with Gasteiger partial charge in [-0.05, 0) is 38.0 Å². The maximum absolute atomic E-state index is 5.92. The highest BCUT2D eigenvalue weighted by Gasteiger charge is 2.08. The molecule has 0 bridgehead atoms. The summed E-state index contributed by atoms with van der Waals surface area (Å²) >= 11 is 0. The first-order valence-electron chi connectivity index (χ1n) is 5.45. The normalized spacial score (nSPS) is 9.93. The molecule has 0 fully saturated rings. The van der Waals surface area contributed by atoms with Crippen LogP contribution < -0.4 is 5.73 Å². The highest BCUT2D eigenvalue weighted by atomic mass is 14.7. The zero-order valence-electron chi connectivity index (χ0n) is 10.2. The lowest BCUT2D eigenvalue weighted by molar-refractivity contribution is 1.25. The van der Waals surface area contributed by atoms with E-state index in [1.54, 1.807) is 0 Å². The number of aromatic amines is 1. The number of H-pyrrole nitrogens is 1. The van der Waals surface area contributed by atoms with Crippen molar-refractivity contribution in [2.45, 2.75) is 34.6 Å². The van der Waals surface area contributed by atoms with Gasteiger partial charge in [0.1, 0.15) is 0 Å². The molecule has 2 aromatic rings. The van der Waals surface area contributed by atoms with Crippen molar-refractivity contribution in [3.05, 3.63) is 29.0 Å². The minimum absolute atomic E-state index is 0.863. The first kappa shape index (κ1) is 11.6. The Bertz CT molecular complexity index is 467. The second-order valence-electron chi connectivity index (χ2n) is 3.60. The summed E-state index contributed by atoms with van der Waals surface area (Å²) in [6.45, 7) is 10.3. The number of benzene rings is 1. The lowest BCUT2D eigenvalue weighted by Crippen LogP contribution is -1.87. The SMILES string of the molecule is CC.Cc1[nH]c2c(C)ccc(N)c2c1C. The van der Waals surface area contributed by atoms with Crippen LogP contribution in [0.1, 0.15) is 30.7 Å². The van der Waals surface area contributed by atoms with Gasteiger partial charge in [-0.3, -0.25) is 0 Å². The van der Waals surface area contributed by atoms with Gasteiger partial charge in [-0.25, -0.2) is 0 Å². The molecule has 15 heavy (non-hydrogen) atoms. The predicted molar refractivity (Wildman–Crippen MR) is 68.3 cm³/mol. The lowest BCUT2D eigenvalue weighted by Gasteiger charge is -2.00. The van der Waals surface area contributed by atoms with Crippen LogP contribution in [0.15, 0.2) is 12.1 Å². The Morgan fingerprint density at radius 3 is 2.20 bits per heavy atom. The molecule has 0 spiro atoms. The number of aryl methyl sites for hydroxylation is 3. The quantitative estimate of drug-likeness (QED) is 0.631. The molecule has 0 amide bonds. The summed E-state index contributed by atoms with van der Waals surface area (Å²) in [5.74, 6) is 0. The van der Waals surface area contributed by atoms with Crippen LogP contribution in [-0.4, -0.2) is 4.98 Å². The van der Waals surface area contributed by atoms with Gasteiger partial charge in [-0.2, -0.15) is 0 Å². The fourth-order valence-corrected chi connectivity index (χ4v) is 1.76. The van der Waals surface area contributed by atoms with Crippen LogP contribution in [0.4, 0.5) is 5.69 Å². The van der Waals surface area contributed by atoms with E-state index >= 15 is 0 Å². The van der Waals surface area contributed by atoms with Crippen molar-refractivity contribution in [3.63, 3.8) is 0 Å². The van der Waals surface area contributed by atoms with E-state index in [4.69, 9.17) is 5.73 Å². The highest BCUT2D eigenvalue weighted by molar-refractivity contribution is 5.96. The van der Waals surface area contributed by atoms with Gasteiger partial charge < -0.3 is 10.7 Å². The topological polar surface area (TPSA) is 41.8 Å². The van der Waals surface area contributed by atoms with Crippen molar-refractivity contribution >= 4 is 16.6 Å². The van der Waals surface area contributed by atoms with Crippen molar-refractivity contribution in [2.75, 3.05) is 5.73 Å². The molecule has 0 saturated heterocycles. The number of nitrogens with one attached hydrogen (secondary N) is 1. The number of nitrogens with two attached hydrogens (primary N) is 1. The van der Waals surface area contributed by atoms with E-state index in [0.717, 1.165) is 5.69 Å². The second-order valence-corrected chi connectivity index (χ2v) is 3.60. The van der Waals surface area contributed by atoms with Crippen LogP contribution in [0.5, 0.6) is 0 Å². The van der Waals surface area contributed by atoms with E-state index in [-0.39, 0.29) is 0 Å². The van der Waals surface area contributed by atoms with Crippen molar-refractivity contribution in [1.82, 2.24) is 4.98 Å². The van der Waals surface area contributed by atoms with E-state index in [9.17, 15) is 0 Å². The Labute approximate surface area is 91.5 Å². The summed E-state index contributed by atoms with van der Waals surface area (Å²) in [7, 11) is 0. The average molecular weight is 204 g/mol. The first-order valence-corrected chi connectivity index (χ1v) is 5.45. The van der Waals surface area contributed by atoms with Crippen molar-refractivity contribution in [1.29, 1.82) is 0 Å². The maximum Gasteiger partial charge on any atom is 0.0509 e. The molecular formula is C13H20N2. The monoisotopic (exact) mass is 204 g/mol. The fourth-order valence-electron chi connectivity index (χ4n) is 1.76. The molecule has 1 aromatic carbocycles. The van der Waals surface area contributed by atoms with E-state index in [1.165, 1.54) is 27.7 Å². The minimum atomic E-state index is 0.863. The van der Waals surface area contributed by atoms with Crippen LogP contribution in [0.2, 0.25) is 0 Å². The van der Waals surface area contributed by atoms with Crippen molar-refractivity contribution in [3.8, 4) is 0 Å². The molecule has 2 nitrogen and oxygen atoms in total. The molecule has 2 heteroatoms. The minimum Gasteiger partial charge on any atom is -0.398 e. The molecule has 0 saturated carbocycles. The molecule has 0 radical (unpaired) electrons. The maximum atomic E-state index is 5.92. The summed E-state index contributed by atoms with van der Waals surface area (Å²) < 4.78 is 0. The van der Waals surface area contributed by atoms with Crippen molar-refractivity contribution < 1.29 is 0 Å². The van der Waals surface area contributed by atoms with Gasteiger partial charge in [-0.1, -0.05) is 19.9 Å². The number of aromatic nitrogens is 1. The molecule has 0 aliphatic heterocycles. The number of fused-ring (bicyclic) bond motifs is 1. The second kappa shape index (κ2) is 4.39. The highest BCUT2D eigenvalue weighted by Crippen LogP contribution is 2.28. The third-order valence-electron chi connectivity index (χ3n) is 2.70. The van der Waals surface area contributed by atoms with Gasteiger partial charge in [0.2, 0.25) is 0 Å². The number of nitrogen functional groups attached to an aromatic ring is 1. The van der Waals surface area contributed by atoms with E-state index < -0.39 is 0 Å². The molecule has 0 aliphatic rings. The molecular weight excluding hydrogens is 184 g/mol. The van der Waals surface area contributed by atoms with E-state index in [2.05, 4.69) is 25.8 Å². The molecule has 82 valence electrons. The smallest absolute Gasteiger partial charge is 0.0509 e. The summed E-state index contributed by atoms with van der Waals surface area (Å²) in [6, 6.07) is 4.02. The Morgan fingerprint density at radius 2 is 1.67 bits per heavy atom. The Balaban J connectivity index is 0.000000531. The molecule has 2 rings (SSSR count).